The summed E-state index contributed by atoms with van der Waals surface area (Å²) < 4.78 is 0. The van der Waals surface area contributed by atoms with E-state index in [1.54, 1.807) is 12.4 Å². The van der Waals surface area contributed by atoms with Gasteiger partial charge < -0.3 is 4.90 Å². The van der Waals surface area contributed by atoms with Gasteiger partial charge >= 0.3 is 0 Å². The molecule has 0 amide bonds. The minimum atomic E-state index is 0.954. The number of piperazine rings is 1. The highest BCUT2D eigenvalue weighted by atomic mass is 15.5. The first-order valence-corrected chi connectivity index (χ1v) is 7.32. The van der Waals surface area contributed by atoms with Gasteiger partial charge in [-0.2, -0.15) is 5.10 Å². The quantitative estimate of drug-likeness (QED) is 0.810. The van der Waals surface area contributed by atoms with Crippen LogP contribution in [-0.2, 0) is 0 Å². The summed E-state index contributed by atoms with van der Waals surface area (Å²) in [4.78, 5) is 6.42. The van der Waals surface area contributed by atoms with Crippen molar-refractivity contribution in [3.63, 3.8) is 0 Å². The number of hydrogen-bond acceptors (Lipinski definition) is 4. The number of hydrogen-bond donors (Lipinski definition) is 0. The van der Waals surface area contributed by atoms with E-state index in [1.165, 1.54) is 11.3 Å². The van der Waals surface area contributed by atoms with E-state index in [4.69, 9.17) is 0 Å². The molecule has 1 saturated heterocycles. The number of benzene rings is 1. The smallest absolute Gasteiger partial charge is 0.0544 e. The van der Waals surface area contributed by atoms with Crippen molar-refractivity contribution in [2.45, 2.75) is 6.92 Å². The van der Waals surface area contributed by atoms with Gasteiger partial charge in [-0.3, -0.25) is 9.99 Å². The molecule has 0 radical (unpaired) electrons. The van der Waals surface area contributed by atoms with E-state index in [-0.39, 0.29) is 0 Å². The Hall–Kier alpha value is -2.36. The molecular weight excluding hydrogens is 260 g/mol. The highest BCUT2D eigenvalue weighted by Gasteiger charge is 2.15. The zero-order chi connectivity index (χ0) is 14.5. The SMILES string of the molecule is Cc1ccc(N2CCN(/N=C\c3ccncc3)CC2)cc1. The predicted octanol–water partition coefficient (Wildman–Crippen LogP) is 2.55. The maximum atomic E-state index is 4.55. The number of aryl methyl sites for hydroxylation is 1. The number of hydrazone groups is 1. The van der Waals surface area contributed by atoms with Gasteiger partial charge in [0, 0.05) is 31.2 Å². The molecule has 0 N–H and O–H groups in total. The van der Waals surface area contributed by atoms with Gasteiger partial charge in [-0.05, 0) is 36.8 Å². The molecule has 0 saturated carbocycles. The second kappa shape index (κ2) is 6.39. The highest BCUT2D eigenvalue weighted by Crippen LogP contribution is 2.17. The molecule has 1 aromatic carbocycles. The molecule has 1 fully saturated rings. The van der Waals surface area contributed by atoms with Crippen LogP contribution in [0.1, 0.15) is 11.1 Å². The molecule has 108 valence electrons. The summed E-state index contributed by atoms with van der Waals surface area (Å²) in [5, 5.41) is 6.68. The molecule has 0 unspecified atom stereocenters. The van der Waals surface area contributed by atoms with Gasteiger partial charge in [0.1, 0.15) is 0 Å². The zero-order valence-electron chi connectivity index (χ0n) is 12.3. The second-order valence-corrected chi connectivity index (χ2v) is 5.30. The van der Waals surface area contributed by atoms with Crippen LogP contribution >= 0.6 is 0 Å². The molecule has 3 rings (SSSR count). The van der Waals surface area contributed by atoms with Crippen LogP contribution in [0.3, 0.4) is 0 Å². The summed E-state index contributed by atoms with van der Waals surface area (Å²) in [6.45, 7) is 6.05. The predicted molar refractivity (Wildman–Crippen MR) is 86.8 cm³/mol. The molecular formula is C17H20N4. The van der Waals surface area contributed by atoms with E-state index in [0.717, 1.165) is 31.7 Å². The Morgan fingerprint density at radius 2 is 1.62 bits per heavy atom. The molecule has 0 bridgehead atoms. The van der Waals surface area contributed by atoms with Gasteiger partial charge in [0.2, 0.25) is 0 Å². The topological polar surface area (TPSA) is 31.7 Å². The summed E-state index contributed by atoms with van der Waals surface area (Å²) in [6, 6.07) is 12.7. The van der Waals surface area contributed by atoms with Crippen LogP contribution in [0.5, 0.6) is 0 Å². The molecule has 1 aliphatic heterocycles. The largest absolute Gasteiger partial charge is 0.368 e. The summed E-state index contributed by atoms with van der Waals surface area (Å²) in [7, 11) is 0. The molecule has 1 aromatic heterocycles. The van der Waals surface area contributed by atoms with E-state index in [2.05, 4.69) is 51.2 Å². The van der Waals surface area contributed by atoms with E-state index in [0.29, 0.717) is 0 Å². The van der Waals surface area contributed by atoms with Crippen molar-refractivity contribution in [3.8, 4) is 0 Å². The fourth-order valence-electron chi connectivity index (χ4n) is 2.42. The first-order chi connectivity index (χ1) is 10.3. The Morgan fingerprint density at radius 3 is 2.29 bits per heavy atom. The van der Waals surface area contributed by atoms with E-state index >= 15 is 0 Å². The molecule has 4 heteroatoms. The van der Waals surface area contributed by atoms with Crippen LogP contribution in [0.25, 0.3) is 0 Å². The number of aromatic nitrogens is 1. The summed E-state index contributed by atoms with van der Waals surface area (Å²) in [6.07, 6.45) is 5.48. The first-order valence-electron chi connectivity index (χ1n) is 7.32. The van der Waals surface area contributed by atoms with Crippen LogP contribution in [-0.4, -0.2) is 42.4 Å². The van der Waals surface area contributed by atoms with Crippen LogP contribution in [0, 0.1) is 6.92 Å². The average molecular weight is 280 g/mol. The summed E-state index contributed by atoms with van der Waals surface area (Å²) in [5.74, 6) is 0. The molecule has 2 aromatic rings. The second-order valence-electron chi connectivity index (χ2n) is 5.30. The Labute approximate surface area is 125 Å². The fraction of sp³-hybridized carbons (Fsp3) is 0.294. The van der Waals surface area contributed by atoms with Gasteiger partial charge in [-0.1, -0.05) is 17.7 Å². The van der Waals surface area contributed by atoms with Crippen molar-refractivity contribution in [2.75, 3.05) is 31.1 Å². The minimum absolute atomic E-state index is 0.954. The Kier molecular flexibility index (Phi) is 4.15. The average Bonchev–Trinajstić information content (AvgIpc) is 2.55. The Morgan fingerprint density at radius 1 is 0.952 bits per heavy atom. The maximum Gasteiger partial charge on any atom is 0.0544 e. The third-order valence-electron chi connectivity index (χ3n) is 3.73. The number of rotatable bonds is 3. The molecule has 0 aliphatic carbocycles. The van der Waals surface area contributed by atoms with Crippen LogP contribution < -0.4 is 4.90 Å². The lowest BCUT2D eigenvalue weighted by Gasteiger charge is -2.34. The Balaban J connectivity index is 1.55. The summed E-state index contributed by atoms with van der Waals surface area (Å²) >= 11 is 0. The van der Waals surface area contributed by atoms with Crippen molar-refractivity contribution in [1.29, 1.82) is 0 Å². The monoisotopic (exact) mass is 280 g/mol. The lowest BCUT2D eigenvalue weighted by atomic mass is 10.2. The Bertz CT molecular complexity index is 584. The number of pyridine rings is 1. The van der Waals surface area contributed by atoms with Crippen molar-refractivity contribution in [2.24, 2.45) is 5.10 Å². The normalized spacial score (nSPS) is 15.7. The van der Waals surface area contributed by atoms with Crippen LogP contribution in [0.4, 0.5) is 5.69 Å². The molecule has 0 spiro atoms. The minimum Gasteiger partial charge on any atom is -0.368 e. The summed E-state index contributed by atoms with van der Waals surface area (Å²) in [5.41, 5.74) is 3.70. The maximum absolute atomic E-state index is 4.55. The van der Waals surface area contributed by atoms with E-state index in [1.807, 2.05) is 18.3 Å². The molecule has 4 nitrogen and oxygen atoms in total. The zero-order valence-corrected chi connectivity index (χ0v) is 12.3. The van der Waals surface area contributed by atoms with Gasteiger partial charge in [0.15, 0.2) is 0 Å². The van der Waals surface area contributed by atoms with Gasteiger partial charge in [0.05, 0.1) is 19.3 Å². The third-order valence-corrected chi connectivity index (χ3v) is 3.73. The van der Waals surface area contributed by atoms with Gasteiger partial charge in [-0.15, -0.1) is 0 Å². The first kappa shape index (κ1) is 13.6. The molecule has 2 heterocycles. The lowest BCUT2D eigenvalue weighted by Crippen LogP contribution is -2.44. The van der Waals surface area contributed by atoms with Crippen molar-refractivity contribution >= 4 is 11.9 Å². The van der Waals surface area contributed by atoms with E-state index < -0.39 is 0 Å². The van der Waals surface area contributed by atoms with Crippen molar-refractivity contribution in [1.82, 2.24) is 9.99 Å². The lowest BCUT2D eigenvalue weighted by molar-refractivity contribution is 0.272. The van der Waals surface area contributed by atoms with E-state index in [9.17, 15) is 0 Å². The van der Waals surface area contributed by atoms with Crippen molar-refractivity contribution < 1.29 is 0 Å². The van der Waals surface area contributed by atoms with Crippen LogP contribution in [0.15, 0.2) is 53.9 Å². The van der Waals surface area contributed by atoms with Crippen LogP contribution in [0.2, 0.25) is 0 Å². The van der Waals surface area contributed by atoms with Gasteiger partial charge in [0.25, 0.3) is 0 Å². The van der Waals surface area contributed by atoms with Gasteiger partial charge in [-0.25, -0.2) is 0 Å². The molecule has 0 atom stereocenters. The molecule has 1 aliphatic rings. The number of nitrogens with zero attached hydrogens (tertiary/aromatic N) is 4. The third kappa shape index (κ3) is 3.60. The standard InChI is InChI=1S/C17H20N4/c1-15-2-4-17(5-3-15)20-10-12-21(13-11-20)19-14-16-6-8-18-9-7-16/h2-9,14H,10-13H2,1H3/b19-14-. The van der Waals surface area contributed by atoms with Crippen molar-refractivity contribution in [3.05, 3.63) is 59.9 Å². The highest BCUT2D eigenvalue weighted by molar-refractivity contribution is 5.78. The number of anilines is 1. The molecule has 21 heavy (non-hydrogen) atoms. The fourth-order valence-corrected chi connectivity index (χ4v) is 2.42.